The maximum Gasteiger partial charge on any atom is 0.255 e. The van der Waals surface area contributed by atoms with Crippen LogP contribution in [0.4, 0.5) is 4.39 Å². The largest absolute Gasteiger partial charge is 0.347 e. The number of carbonyl (C=O) groups excluding carboxylic acids is 1. The molecule has 3 heterocycles. The Kier molecular flexibility index (Phi) is 3.16. The Balaban J connectivity index is 1.63. The van der Waals surface area contributed by atoms with Gasteiger partial charge in [-0.1, -0.05) is 0 Å². The monoisotopic (exact) mass is 364 g/mol. The van der Waals surface area contributed by atoms with Crippen molar-refractivity contribution in [3.8, 4) is 11.4 Å². The van der Waals surface area contributed by atoms with Crippen LogP contribution in [0.15, 0.2) is 30.6 Å². The molecule has 0 radical (unpaired) electrons. The third-order valence-corrected chi connectivity index (χ3v) is 5.10. The van der Waals surface area contributed by atoms with Gasteiger partial charge < -0.3 is 10.3 Å². The first-order valence-corrected chi connectivity index (χ1v) is 8.73. The van der Waals surface area contributed by atoms with Gasteiger partial charge in [-0.2, -0.15) is 5.10 Å². The second-order valence-corrected chi connectivity index (χ2v) is 7.30. The number of hydrogen-bond acceptors (Lipinski definition) is 4. The highest BCUT2D eigenvalue weighted by Gasteiger charge is 2.39. The van der Waals surface area contributed by atoms with Gasteiger partial charge in [0.15, 0.2) is 5.65 Å². The van der Waals surface area contributed by atoms with Crippen molar-refractivity contribution in [2.75, 3.05) is 0 Å². The molecule has 1 saturated carbocycles. The van der Waals surface area contributed by atoms with Crippen molar-refractivity contribution in [2.24, 2.45) is 7.05 Å². The average Bonchev–Trinajstić information content (AvgIpc) is 3.09. The number of rotatable bonds is 3. The van der Waals surface area contributed by atoms with Crippen LogP contribution in [0.1, 0.15) is 30.1 Å². The molecular weight excluding hydrogens is 347 g/mol. The van der Waals surface area contributed by atoms with Crippen molar-refractivity contribution in [1.29, 1.82) is 0 Å². The molecule has 0 saturated heterocycles. The minimum absolute atomic E-state index is 0.118. The summed E-state index contributed by atoms with van der Waals surface area (Å²) < 4.78 is 15.2. The van der Waals surface area contributed by atoms with E-state index in [0.717, 1.165) is 18.2 Å². The number of H-pyrrole nitrogens is 1. The van der Waals surface area contributed by atoms with E-state index in [-0.39, 0.29) is 17.3 Å². The number of benzene rings is 1. The summed E-state index contributed by atoms with van der Waals surface area (Å²) in [6, 6.07) is 4.51. The molecule has 0 spiro atoms. The molecule has 0 bridgehead atoms. The lowest BCUT2D eigenvalue weighted by Crippen LogP contribution is -2.34. The Labute approximate surface area is 153 Å². The smallest absolute Gasteiger partial charge is 0.255 e. The maximum absolute atomic E-state index is 13.6. The predicted molar refractivity (Wildman–Crippen MR) is 98.7 cm³/mol. The van der Waals surface area contributed by atoms with E-state index in [1.807, 2.05) is 6.92 Å². The van der Waals surface area contributed by atoms with Gasteiger partial charge in [-0.25, -0.2) is 14.4 Å². The van der Waals surface area contributed by atoms with Crippen molar-refractivity contribution in [3.63, 3.8) is 0 Å². The zero-order chi connectivity index (χ0) is 18.8. The van der Waals surface area contributed by atoms with Gasteiger partial charge in [-0.15, -0.1) is 0 Å². The summed E-state index contributed by atoms with van der Waals surface area (Å²) in [6.45, 7) is 2.02. The molecule has 3 aromatic heterocycles. The van der Waals surface area contributed by atoms with Crippen molar-refractivity contribution in [2.45, 2.75) is 25.3 Å². The van der Waals surface area contributed by atoms with E-state index in [1.54, 1.807) is 30.2 Å². The highest BCUT2D eigenvalue weighted by atomic mass is 19.1. The molecule has 1 amide bonds. The molecule has 8 heteroatoms. The molecular formula is C19H17FN6O. The molecule has 1 fully saturated rings. The topological polar surface area (TPSA) is 88.5 Å². The molecule has 7 nitrogen and oxygen atoms in total. The van der Waals surface area contributed by atoms with Gasteiger partial charge in [-0.05, 0) is 38.0 Å². The summed E-state index contributed by atoms with van der Waals surface area (Å²) in [5.74, 6) is -0.489. The Bertz CT molecular complexity index is 1220. The van der Waals surface area contributed by atoms with Crippen molar-refractivity contribution in [3.05, 3.63) is 42.0 Å². The van der Waals surface area contributed by atoms with Crippen molar-refractivity contribution >= 4 is 28.0 Å². The van der Waals surface area contributed by atoms with Gasteiger partial charge in [-0.3, -0.25) is 9.48 Å². The summed E-state index contributed by atoms with van der Waals surface area (Å²) in [5.41, 5.74) is 3.17. The highest BCUT2D eigenvalue weighted by molar-refractivity contribution is 6.05. The number of carbonyl (C=O) groups is 1. The quantitative estimate of drug-likeness (QED) is 0.585. The lowest BCUT2D eigenvalue weighted by atomic mass is 10.1. The molecule has 1 aliphatic carbocycles. The zero-order valence-electron chi connectivity index (χ0n) is 14.9. The highest BCUT2D eigenvalue weighted by Crippen LogP contribution is 2.35. The van der Waals surface area contributed by atoms with E-state index in [1.165, 1.54) is 12.1 Å². The first-order chi connectivity index (χ1) is 12.9. The predicted octanol–water partition coefficient (Wildman–Crippen LogP) is 2.93. The van der Waals surface area contributed by atoms with Crippen LogP contribution in [-0.4, -0.2) is 36.2 Å². The van der Waals surface area contributed by atoms with Crippen LogP contribution in [0.3, 0.4) is 0 Å². The number of aromatic amines is 1. The fourth-order valence-corrected chi connectivity index (χ4v) is 3.25. The van der Waals surface area contributed by atoms with Gasteiger partial charge in [0.25, 0.3) is 5.91 Å². The van der Waals surface area contributed by atoms with Crippen molar-refractivity contribution in [1.82, 2.24) is 30.0 Å². The van der Waals surface area contributed by atoms with Crippen LogP contribution < -0.4 is 5.32 Å². The van der Waals surface area contributed by atoms with E-state index < -0.39 is 0 Å². The molecule has 136 valence electrons. The number of amides is 1. The van der Waals surface area contributed by atoms with Gasteiger partial charge in [0.2, 0.25) is 0 Å². The summed E-state index contributed by atoms with van der Waals surface area (Å²) in [5, 5.41) is 8.29. The molecule has 27 heavy (non-hydrogen) atoms. The first-order valence-electron chi connectivity index (χ1n) is 8.73. The summed E-state index contributed by atoms with van der Waals surface area (Å²) in [6.07, 6.45) is 5.19. The third-order valence-electron chi connectivity index (χ3n) is 5.10. The second-order valence-electron chi connectivity index (χ2n) is 7.30. The number of nitrogens with zero attached hydrogens (tertiary/aromatic N) is 4. The number of aromatic nitrogens is 5. The van der Waals surface area contributed by atoms with E-state index in [2.05, 4.69) is 25.4 Å². The fourth-order valence-electron chi connectivity index (χ4n) is 3.25. The van der Waals surface area contributed by atoms with Crippen LogP contribution in [0, 0.1) is 5.82 Å². The molecule has 0 aliphatic heterocycles. The minimum atomic E-state index is -0.322. The van der Waals surface area contributed by atoms with E-state index in [4.69, 9.17) is 0 Å². The zero-order valence-corrected chi connectivity index (χ0v) is 14.9. The number of nitrogens with one attached hydrogen (secondary N) is 2. The van der Waals surface area contributed by atoms with Gasteiger partial charge in [0.05, 0.1) is 17.3 Å². The van der Waals surface area contributed by atoms with Crippen molar-refractivity contribution < 1.29 is 9.18 Å². The van der Waals surface area contributed by atoms with Crippen LogP contribution in [0.2, 0.25) is 0 Å². The lowest BCUT2D eigenvalue weighted by Gasteiger charge is -2.10. The molecule has 5 rings (SSSR count). The van der Waals surface area contributed by atoms with Crippen LogP contribution in [0.5, 0.6) is 0 Å². The average molecular weight is 364 g/mol. The normalized spacial score (nSPS) is 15.4. The van der Waals surface area contributed by atoms with E-state index in [9.17, 15) is 9.18 Å². The molecule has 0 unspecified atom stereocenters. The Morgan fingerprint density at radius 3 is 2.96 bits per heavy atom. The Morgan fingerprint density at radius 2 is 2.19 bits per heavy atom. The molecule has 4 aromatic rings. The molecule has 0 atom stereocenters. The van der Waals surface area contributed by atoms with Crippen LogP contribution >= 0.6 is 0 Å². The van der Waals surface area contributed by atoms with E-state index >= 15 is 0 Å². The van der Waals surface area contributed by atoms with E-state index in [0.29, 0.717) is 33.6 Å². The van der Waals surface area contributed by atoms with Crippen LogP contribution in [0.25, 0.3) is 33.5 Å². The number of halogens is 1. The lowest BCUT2D eigenvalue weighted by molar-refractivity contribution is 0.0937. The molecule has 1 aromatic carbocycles. The SMILES string of the molecule is Cn1nc(-c2cnc3[nH]cc(C(=O)NC4(C)CC4)c3n2)c2ccc(F)cc21. The van der Waals surface area contributed by atoms with Gasteiger partial charge in [0, 0.05) is 24.2 Å². The number of fused-ring (bicyclic) bond motifs is 2. The second kappa shape index (κ2) is 5.35. The summed E-state index contributed by atoms with van der Waals surface area (Å²) in [4.78, 5) is 24.6. The maximum atomic E-state index is 13.6. The summed E-state index contributed by atoms with van der Waals surface area (Å²) >= 11 is 0. The molecule has 2 N–H and O–H groups in total. The Morgan fingerprint density at radius 1 is 1.37 bits per heavy atom. The Hall–Kier alpha value is -3.29. The molecule has 1 aliphatic rings. The summed E-state index contributed by atoms with van der Waals surface area (Å²) in [7, 11) is 1.75. The third kappa shape index (κ3) is 2.56. The number of hydrogen-bond donors (Lipinski definition) is 2. The van der Waals surface area contributed by atoms with Crippen LogP contribution in [-0.2, 0) is 7.05 Å². The van der Waals surface area contributed by atoms with Gasteiger partial charge in [0.1, 0.15) is 22.7 Å². The standard InChI is InChI=1S/C19H17FN6O/c1-19(5-6-19)24-18(27)12-8-21-17-16(12)23-13(9-22-17)15-11-4-3-10(20)7-14(11)26(2)25-15/h3-4,7-9H,5-6H2,1-2H3,(H,21,22)(H,24,27). The first kappa shape index (κ1) is 15.9. The number of aryl methyl sites for hydroxylation is 1. The fraction of sp³-hybridized carbons (Fsp3) is 0.263. The van der Waals surface area contributed by atoms with Gasteiger partial charge >= 0.3 is 0 Å². The minimum Gasteiger partial charge on any atom is -0.347 e.